The van der Waals surface area contributed by atoms with Crippen molar-refractivity contribution in [2.75, 3.05) is 6.61 Å². The van der Waals surface area contributed by atoms with E-state index < -0.39 is 0 Å². The summed E-state index contributed by atoms with van der Waals surface area (Å²) in [6.45, 7) is 8.96. The van der Waals surface area contributed by atoms with Gasteiger partial charge in [-0.3, -0.25) is 4.79 Å². The highest BCUT2D eigenvalue weighted by Crippen LogP contribution is 2.36. The number of aromatic hydroxyl groups is 1. The van der Waals surface area contributed by atoms with Gasteiger partial charge in [0.25, 0.3) is 0 Å². The zero-order chi connectivity index (χ0) is 29.5. The Balaban J connectivity index is 1.36. The lowest BCUT2D eigenvalue weighted by Gasteiger charge is -2.23. The summed E-state index contributed by atoms with van der Waals surface area (Å²) >= 11 is 0. The van der Waals surface area contributed by atoms with E-state index >= 15 is 0 Å². The molecule has 0 aliphatic heterocycles. The molecule has 1 aromatic heterocycles. The number of hydrogen-bond donors (Lipinski definition) is 1. The summed E-state index contributed by atoms with van der Waals surface area (Å²) < 4.78 is 5.53. The molecule has 0 unspecified atom stereocenters. The lowest BCUT2D eigenvalue weighted by molar-refractivity contribution is -0.143. The van der Waals surface area contributed by atoms with Gasteiger partial charge in [-0.2, -0.15) is 0 Å². The van der Waals surface area contributed by atoms with Gasteiger partial charge in [-0.1, -0.05) is 129 Å². The fourth-order valence-corrected chi connectivity index (χ4v) is 5.31. The number of aryl methyl sites for hydroxylation is 1. The molecule has 0 amide bonds. The van der Waals surface area contributed by atoms with Crippen LogP contribution in [0.3, 0.4) is 0 Å². The lowest BCUT2D eigenvalue weighted by Crippen LogP contribution is -2.14. The molecule has 6 nitrogen and oxygen atoms in total. The summed E-state index contributed by atoms with van der Waals surface area (Å²) in [5.41, 5.74) is 3.54. The molecule has 0 aliphatic rings. The van der Waals surface area contributed by atoms with Crippen molar-refractivity contribution in [2.45, 2.75) is 136 Å². The van der Waals surface area contributed by atoms with Gasteiger partial charge in [0.1, 0.15) is 22.5 Å². The number of carbonyl (C=O) groups excluding carboxylic acids is 1. The van der Waals surface area contributed by atoms with Gasteiger partial charge >= 0.3 is 5.97 Å². The van der Waals surface area contributed by atoms with E-state index in [1.54, 1.807) is 0 Å². The number of nitrogens with zero attached hydrogens (tertiary/aromatic N) is 3. The third-order valence-corrected chi connectivity index (χ3v) is 7.84. The van der Waals surface area contributed by atoms with E-state index in [1.807, 2.05) is 36.4 Å². The summed E-state index contributed by atoms with van der Waals surface area (Å²) in [4.78, 5) is 14.0. The molecular weight excluding hydrogens is 510 g/mol. The van der Waals surface area contributed by atoms with Crippen LogP contribution in [0, 0.1) is 0 Å². The maximum atomic E-state index is 12.5. The molecule has 0 spiro atoms. The van der Waals surface area contributed by atoms with E-state index in [-0.39, 0.29) is 17.1 Å². The predicted molar refractivity (Wildman–Crippen MR) is 169 cm³/mol. The normalized spacial score (nSPS) is 11.8. The number of phenolic OH excluding ortho intramolecular Hbond substituents is 1. The Kier molecular flexibility index (Phi) is 13.6. The highest BCUT2D eigenvalue weighted by atomic mass is 16.5. The molecule has 0 aliphatic carbocycles. The molecule has 3 aromatic rings. The quantitative estimate of drug-likeness (QED) is 0.116. The number of unbranched alkanes of at least 4 members (excludes halogenated alkanes) is 13. The SMILES string of the molecule is CCCCCCCCCCCCCCCCOC(=O)CCc1cc(-n2nc3ccccc3n2)c(O)c(C(C)(C)C)c1. The summed E-state index contributed by atoms with van der Waals surface area (Å²) in [5.74, 6) is -0.00322. The second-order valence-corrected chi connectivity index (χ2v) is 12.6. The van der Waals surface area contributed by atoms with Crippen molar-refractivity contribution in [3.8, 4) is 11.4 Å². The summed E-state index contributed by atoms with van der Waals surface area (Å²) in [6.07, 6.45) is 19.2. The first-order valence-corrected chi connectivity index (χ1v) is 16.1. The summed E-state index contributed by atoms with van der Waals surface area (Å²) in [6, 6.07) is 11.5. The van der Waals surface area contributed by atoms with Gasteiger partial charge in [0.05, 0.1) is 6.61 Å². The maximum Gasteiger partial charge on any atom is 0.306 e. The van der Waals surface area contributed by atoms with Crippen LogP contribution in [-0.4, -0.2) is 32.7 Å². The van der Waals surface area contributed by atoms with Crippen LogP contribution in [0.2, 0.25) is 0 Å². The molecule has 0 atom stereocenters. The Morgan fingerprint density at radius 3 is 1.83 bits per heavy atom. The first-order valence-electron chi connectivity index (χ1n) is 16.1. The molecule has 0 saturated heterocycles. The Hall–Kier alpha value is -2.89. The lowest BCUT2D eigenvalue weighted by atomic mass is 9.84. The first-order chi connectivity index (χ1) is 19.8. The van der Waals surface area contributed by atoms with Crippen LogP contribution in [0.4, 0.5) is 0 Å². The van der Waals surface area contributed by atoms with Crippen molar-refractivity contribution in [1.82, 2.24) is 15.0 Å². The number of carbonyl (C=O) groups is 1. The minimum absolute atomic E-state index is 0.168. The molecule has 1 N–H and O–H groups in total. The van der Waals surface area contributed by atoms with Crippen molar-refractivity contribution in [3.05, 3.63) is 47.5 Å². The zero-order valence-electron chi connectivity index (χ0n) is 26.1. The second kappa shape index (κ2) is 17.2. The molecular formula is C35H53N3O3. The number of hydrogen-bond acceptors (Lipinski definition) is 5. The van der Waals surface area contributed by atoms with Crippen LogP contribution in [0.25, 0.3) is 16.7 Å². The van der Waals surface area contributed by atoms with Crippen LogP contribution in [0.1, 0.15) is 135 Å². The van der Waals surface area contributed by atoms with E-state index in [9.17, 15) is 9.90 Å². The number of phenols is 1. The average molecular weight is 564 g/mol. The van der Waals surface area contributed by atoms with Crippen molar-refractivity contribution >= 4 is 17.0 Å². The highest BCUT2D eigenvalue weighted by Gasteiger charge is 2.23. The summed E-state index contributed by atoms with van der Waals surface area (Å²) in [7, 11) is 0. The Morgan fingerprint density at radius 1 is 0.805 bits per heavy atom. The first kappa shape index (κ1) is 32.6. The minimum atomic E-state index is -0.282. The Bertz CT molecular complexity index is 1160. The second-order valence-electron chi connectivity index (χ2n) is 12.6. The fraction of sp³-hybridized carbons (Fsp3) is 0.629. The molecule has 226 valence electrons. The number of esters is 1. The van der Waals surface area contributed by atoms with Crippen LogP contribution in [0.15, 0.2) is 36.4 Å². The highest BCUT2D eigenvalue weighted by molar-refractivity contribution is 5.74. The topological polar surface area (TPSA) is 77.2 Å². The van der Waals surface area contributed by atoms with Crippen LogP contribution in [-0.2, 0) is 21.4 Å². The molecule has 2 aromatic carbocycles. The van der Waals surface area contributed by atoms with Gasteiger partial charge in [0, 0.05) is 12.0 Å². The van der Waals surface area contributed by atoms with E-state index in [0.29, 0.717) is 25.1 Å². The van der Waals surface area contributed by atoms with E-state index in [1.165, 1.54) is 81.8 Å². The molecule has 3 rings (SSSR count). The fourth-order valence-electron chi connectivity index (χ4n) is 5.31. The van der Waals surface area contributed by atoms with Crippen LogP contribution in [0.5, 0.6) is 5.75 Å². The minimum Gasteiger partial charge on any atom is -0.505 e. The van der Waals surface area contributed by atoms with Crippen molar-refractivity contribution in [3.63, 3.8) is 0 Å². The van der Waals surface area contributed by atoms with Gasteiger partial charge in [0.2, 0.25) is 0 Å². The van der Waals surface area contributed by atoms with Crippen LogP contribution < -0.4 is 0 Å². The van der Waals surface area contributed by atoms with Crippen LogP contribution >= 0.6 is 0 Å². The smallest absolute Gasteiger partial charge is 0.306 e. The summed E-state index contributed by atoms with van der Waals surface area (Å²) in [5, 5.41) is 20.2. The maximum absolute atomic E-state index is 12.5. The van der Waals surface area contributed by atoms with Gasteiger partial charge in [-0.15, -0.1) is 15.0 Å². The number of aromatic nitrogens is 3. The molecule has 0 fully saturated rings. The monoisotopic (exact) mass is 563 g/mol. The molecule has 1 heterocycles. The molecule has 0 bridgehead atoms. The number of ether oxygens (including phenoxy) is 1. The van der Waals surface area contributed by atoms with Gasteiger partial charge in [-0.25, -0.2) is 0 Å². The van der Waals surface area contributed by atoms with Gasteiger partial charge in [-0.05, 0) is 42.0 Å². The van der Waals surface area contributed by atoms with Crippen molar-refractivity contribution in [2.24, 2.45) is 0 Å². The molecule has 0 saturated carbocycles. The predicted octanol–water partition coefficient (Wildman–Crippen LogP) is 9.38. The van der Waals surface area contributed by atoms with E-state index in [0.717, 1.165) is 35.0 Å². The molecule has 0 radical (unpaired) electrons. The van der Waals surface area contributed by atoms with Crippen molar-refractivity contribution in [1.29, 1.82) is 0 Å². The third-order valence-electron chi connectivity index (χ3n) is 7.84. The Morgan fingerprint density at radius 2 is 1.32 bits per heavy atom. The third kappa shape index (κ3) is 11.1. The number of fused-ring (bicyclic) bond motifs is 1. The molecule has 41 heavy (non-hydrogen) atoms. The van der Waals surface area contributed by atoms with Crippen molar-refractivity contribution < 1.29 is 14.6 Å². The van der Waals surface area contributed by atoms with Gasteiger partial charge in [0.15, 0.2) is 0 Å². The number of rotatable bonds is 19. The largest absolute Gasteiger partial charge is 0.505 e. The van der Waals surface area contributed by atoms with Gasteiger partial charge < -0.3 is 9.84 Å². The number of benzene rings is 2. The standard InChI is InChI=1S/C35H53N3O3/c1-5-6-7-8-9-10-11-12-13-14-15-16-17-20-25-41-33(39)24-23-28-26-29(35(2,3)4)34(40)32(27-28)38-36-30-21-18-19-22-31(30)37-38/h18-19,21-22,26-27,40H,5-17,20,23-25H2,1-4H3. The van der Waals surface area contributed by atoms with E-state index in [2.05, 4.69) is 37.9 Å². The Labute approximate surface area is 247 Å². The molecule has 6 heteroatoms. The van der Waals surface area contributed by atoms with E-state index in [4.69, 9.17) is 4.74 Å². The average Bonchev–Trinajstić information content (AvgIpc) is 3.38. The zero-order valence-corrected chi connectivity index (χ0v) is 26.1.